The minimum absolute atomic E-state index is 0.512. The molecule has 0 fully saturated rings. The summed E-state index contributed by atoms with van der Waals surface area (Å²) in [6.07, 6.45) is 5.18. The molecular formula is C12H23N3O. The van der Waals surface area contributed by atoms with Crippen LogP contribution in [-0.4, -0.2) is 22.9 Å². The van der Waals surface area contributed by atoms with E-state index in [-0.39, 0.29) is 0 Å². The first kappa shape index (κ1) is 13.2. The van der Waals surface area contributed by atoms with Crippen molar-refractivity contribution in [3.8, 4) is 0 Å². The Labute approximate surface area is 97.8 Å². The van der Waals surface area contributed by atoms with Crippen LogP contribution in [0.4, 0.5) is 0 Å². The monoisotopic (exact) mass is 225 g/mol. The summed E-state index contributed by atoms with van der Waals surface area (Å²) in [6, 6.07) is 2.54. The number of rotatable bonds is 8. The molecule has 0 saturated heterocycles. The predicted octanol–water partition coefficient (Wildman–Crippen LogP) is 2.11. The molecule has 92 valence electrons. The van der Waals surface area contributed by atoms with Gasteiger partial charge in [-0.25, -0.2) is 0 Å². The van der Waals surface area contributed by atoms with E-state index in [1.54, 1.807) is 0 Å². The van der Waals surface area contributed by atoms with Crippen LogP contribution in [0.5, 0.6) is 0 Å². The third-order valence-electron chi connectivity index (χ3n) is 2.72. The van der Waals surface area contributed by atoms with Gasteiger partial charge in [-0.3, -0.25) is 4.68 Å². The number of nitrogens with zero attached hydrogens (tertiary/aromatic N) is 2. The number of hydrogen-bond donors (Lipinski definition) is 1. The van der Waals surface area contributed by atoms with Crippen LogP contribution < -0.4 is 5.73 Å². The summed E-state index contributed by atoms with van der Waals surface area (Å²) in [6.45, 7) is 6.37. The highest BCUT2D eigenvalue weighted by atomic mass is 16.5. The second-order valence-corrected chi connectivity index (χ2v) is 3.95. The van der Waals surface area contributed by atoms with Gasteiger partial charge in [0.25, 0.3) is 0 Å². The Balaban J connectivity index is 2.38. The van der Waals surface area contributed by atoms with E-state index < -0.39 is 0 Å². The number of nitrogens with two attached hydrogens (primary N) is 1. The zero-order valence-corrected chi connectivity index (χ0v) is 10.4. The SMILES string of the molecule is CCC(CC)n1ccc(COCCCN)n1. The van der Waals surface area contributed by atoms with Crippen LogP contribution in [0, 0.1) is 0 Å². The molecule has 0 aliphatic rings. The van der Waals surface area contributed by atoms with Gasteiger partial charge in [0.1, 0.15) is 0 Å². The molecule has 4 heteroatoms. The van der Waals surface area contributed by atoms with Gasteiger partial charge in [-0.05, 0) is 31.9 Å². The van der Waals surface area contributed by atoms with Crippen LogP contribution in [0.3, 0.4) is 0 Å². The maximum Gasteiger partial charge on any atom is 0.0906 e. The average Bonchev–Trinajstić information content (AvgIpc) is 2.75. The van der Waals surface area contributed by atoms with Gasteiger partial charge in [0.2, 0.25) is 0 Å². The molecule has 0 unspecified atom stereocenters. The molecule has 0 amide bonds. The summed E-state index contributed by atoms with van der Waals surface area (Å²) in [5, 5.41) is 4.51. The maximum atomic E-state index is 5.46. The van der Waals surface area contributed by atoms with E-state index in [9.17, 15) is 0 Å². The zero-order valence-electron chi connectivity index (χ0n) is 10.4. The van der Waals surface area contributed by atoms with Crippen LogP contribution in [0.1, 0.15) is 44.8 Å². The molecule has 1 rings (SSSR count). The summed E-state index contributed by atoms with van der Waals surface area (Å²) in [4.78, 5) is 0. The zero-order chi connectivity index (χ0) is 11.8. The van der Waals surface area contributed by atoms with Crippen LogP contribution in [0.25, 0.3) is 0 Å². The minimum Gasteiger partial charge on any atom is -0.375 e. The lowest BCUT2D eigenvalue weighted by Gasteiger charge is -2.12. The molecule has 0 bridgehead atoms. The second-order valence-electron chi connectivity index (χ2n) is 3.95. The highest BCUT2D eigenvalue weighted by Gasteiger charge is 2.07. The summed E-state index contributed by atoms with van der Waals surface area (Å²) in [5.41, 5.74) is 6.39. The highest BCUT2D eigenvalue weighted by molar-refractivity contribution is 4.98. The first-order valence-electron chi connectivity index (χ1n) is 6.13. The van der Waals surface area contributed by atoms with E-state index in [1.807, 2.05) is 16.9 Å². The Morgan fingerprint density at radius 2 is 2.19 bits per heavy atom. The topological polar surface area (TPSA) is 53.1 Å². The Morgan fingerprint density at radius 3 is 2.81 bits per heavy atom. The number of ether oxygens (including phenoxy) is 1. The molecule has 1 aromatic rings. The van der Waals surface area contributed by atoms with Crippen LogP contribution >= 0.6 is 0 Å². The lowest BCUT2D eigenvalue weighted by Crippen LogP contribution is -2.08. The molecule has 1 heterocycles. The smallest absolute Gasteiger partial charge is 0.0906 e. The van der Waals surface area contributed by atoms with Crippen molar-refractivity contribution >= 4 is 0 Å². The Morgan fingerprint density at radius 1 is 1.44 bits per heavy atom. The quantitative estimate of drug-likeness (QED) is 0.689. The number of aromatic nitrogens is 2. The Kier molecular flexibility index (Phi) is 6.11. The summed E-state index contributed by atoms with van der Waals surface area (Å²) >= 11 is 0. The molecule has 0 aromatic carbocycles. The van der Waals surface area contributed by atoms with Crippen LogP contribution in [0.2, 0.25) is 0 Å². The lowest BCUT2D eigenvalue weighted by molar-refractivity contribution is 0.116. The molecule has 4 nitrogen and oxygen atoms in total. The van der Waals surface area contributed by atoms with E-state index >= 15 is 0 Å². The van der Waals surface area contributed by atoms with Gasteiger partial charge in [-0.2, -0.15) is 5.10 Å². The van der Waals surface area contributed by atoms with Gasteiger partial charge in [-0.1, -0.05) is 13.8 Å². The normalized spacial score (nSPS) is 11.2. The molecule has 0 aliphatic carbocycles. The van der Waals surface area contributed by atoms with Crippen molar-refractivity contribution in [2.24, 2.45) is 5.73 Å². The van der Waals surface area contributed by atoms with Crippen molar-refractivity contribution < 1.29 is 4.74 Å². The van der Waals surface area contributed by atoms with Gasteiger partial charge in [0.15, 0.2) is 0 Å². The van der Waals surface area contributed by atoms with Crippen molar-refractivity contribution in [3.05, 3.63) is 18.0 Å². The van der Waals surface area contributed by atoms with E-state index in [0.29, 0.717) is 25.8 Å². The summed E-state index contributed by atoms with van der Waals surface area (Å²) in [5.74, 6) is 0. The van der Waals surface area contributed by atoms with E-state index in [0.717, 1.165) is 25.0 Å². The van der Waals surface area contributed by atoms with Crippen LogP contribution in [-0.2, 0) is 11.3 Å². The first-order valence-corrected chi connectivity index (χ1v) is 6.13. The largest absolute Gasteiger partial charge is 0.375 e. The summed E-state index contributed by atoms with van der Waals surface area (Å²) in [7, 11) is 0. The molecular weight excluding hydrogens is 202 g/mol. The standard InChI is InChI=1S/C12H23N3O/c1-3-12(4-2)15-8-6-11(14-15)10-16-9-5-7-13/h6,8,12H,3-5,7,9-10,13H2,1-2H3. The van der Waals surface area contributed by atoms with E-state index in [2.05, 4.69) is 18.9 Å². The molecule has 0 spiro atoms. The van der Waals surface area contributed by atoms with Gasteiger partial charge in [0.05, 0.1) is 18.3 Å². The van der Waals surface area contributed by atoms with Gasteiger partial charge in [-0.15, -0.1) is 0 Å². The van der Waals surface area contributed by atoms with Gasteiger partial charge in [0, 0.05) is 12.8 Å². The van der Waals surface area contributed by atoms with E-state index in [1.165, 1.54) is 0 Å². The van der Waals surface area contributed by atoms with Gasteiger partial charge < -0.3 is 10.5 Å². The fraction of sp³-hybridized carbons (Fsp3) is 0.750. The maximum absolute atomic E-state index is 5.46. The molecule has 0 saturated carbocycles. The second kappa shape index (κ2) is 7.41. The predicted molar refractivity (Wildman–Crippen MR) is 65.2 cm³/mol. The highest BCUT2D eigenvalue weighted by Crippen LogP contribution is 2.14. The van der Waals surface area contributed by atoms with Crippen molar-refractivity contribution in [1.82, 2.24) is 9.78 Å². The third kappa shape index (κ3) is 3.94. The third-order valence-corrected chi connectivity index (χ3v) is 2.72. The summed E-state index contributed by atoms with van der Waals surface area (Å²) < 4.78 is 7.51. The molecule has 1 aromatic heterocycles. The van der Waals surface area contributed by atoms with Crippen LogP contribution in [0.15, 0.2) is 12.3 Å². The average molecular weight is 225 g/mol. The first-order chi connectivity index (χ1) is 7.81. The van der Waals surface area contributed by atoms with Crippen molar-refractivity contribution in [3.63, 3.8) is 0 Å². The van der Waals surface area contributed by atoms with E-state index in [4.69, 9.17) is 10.5 Å². The van der Waals surface area contributed by atoms with Crippen molar-refractivity contribution in [2.45, 2.75) is 45.8 Å². The number of hydrogen-bond acceptors (Lipinski definition) is 3. The van der Waals surface area contributed by atoms with Crippen molar-refractivity contribution in [2.75, 3.05) is 13.2 Å². The Bertz CT molecular complexity index is 282. The molecule has 0 aliphatic heterocycles. The lowest BCUT2D eigenvalue weighted by atomic mass is 10.2. The molecule has 16 heavy (non-hydrogen) atoms. The Hall–Kier alpha value is -0.870. The fourth-order valence-corrected chi connectivity index (χ4v) is 1.68. The van der Waals surface area contributed by atoms with Gasteiger partial charge >= 0.3 is 0 Å². The molecule has 0 radical (unpaired) electrons. The molecule has 2 N–H and O–H groups in total. The van der Waals surface area contributed by atoms with Crippen molar-refractivity contribution in [1.29, 1.82) is 0 Å². The fourth-order valence-electron chi connectivity index (χ4n) is 1.68. The molecule has 0 atom stereocenters. The minimum atomic E-state index is 0.512.